The number of amides is 1. The molecule has 0 bridgehead atoms. The van der Waals surface area contributed by atoms with Crippen LogP contribution < -0.4 is 5.32 Å². The lowest BCUT2D eigenvalue weighted by Crippen LogP contribution is -2.50. The first-order valence-electron chi connectivity index (χ1n) is 10.1. The van der Waals surface area contributed by atoms with E-state index in [1.165, 1.54) is 12.0 Å². The van der Waals surface area contributed by atoms with E-state index in [0.29, 0.717) is 18.6 Å². The van der Waals surface area contributed by atoms with Crippen molar-refractivity contribution in [3.05, 3.63) is 35.9 Å². The van der Waals surface area contributed by atoms with Gasteiger partial charge in [0, 0.05) is 44.1 Å². The van der Waals surface area contributed by atoms with Crippen molar-refractivity contribution < 1.29 is 9.53 Å². The fourth-order valence-corrected chi connectivity index (χ4v) is 4.50. The SMILES string of the molecule is COCC1(CN[C@@H]2C[C@H]2c2ccccc2)CCN(C(=O)C2(C#N)CC2)CC1. The van der Waals surface area contributed by atoms with Gasteiger partial charge in [0.1, 0.15) is 5.41 Å². The summed E-state index contributed by atoms with van der Waals surface area (Å²) in [5.41, 5.74) is 0.803. The Bertz CT molecular complexity index is 715. The van der Waals surface area contributed by atoms with E-state index in [4.69, 9.17) is 4.74 Å². The number of likely N-dealkylation sites (tertiary alicyclic amines) is 1. The van der Waals surface area contributed by atoms with E-state index in [0.717, 1.165) is 45.3 Å². The average molecular weight is 367 g/mol. The number of ether oxygens (including phenoxy) is 1. The zero-order valence-electron chi connectivity index (χ0n) is 16.1. The third kappa shape index (κ3) is 3.74. The van der Waals surface area contributed by atoms with Gasteiger partial charge in [0.25, 0.3) is 0 Å². The van der Waals surface area contributed by atoms with Gasteiger partial charge in [-0.3, -0.25) is 4.79 Å². The van der Waals surface area contributed by atoms with Gasteiger partial charge in [0.15, 0.2) is 0 Å². The fourth-order valence-electron chi connectivity index (χ4n) is 4.50. The van der Waals surface area contributed by atoms with Gasteiger partial charge in [-0.15, -0.1) is 0 Å². The predicted molar refractivity (Wildman–Crippen MR) is 103 cm³/mol. The van der Waals surface area contributed by atoms with Gasteiger partial charge in [-0.25, -0.2) is 0 Å². The number of hydrogen-bond acceptors (Lipinski definition) is 4. The standard InChI is InChI=1S/C22H29N3O2/c1-27-16-21(15-24-19-13-18(19)17-5-3-2-4-6-17)9-11-25(12-10-21)20(26)22(14-23)7-8-22/h2-6,18-19,24H,7-13,15-16H2,1H3/t18-,19+/m0/s1. The minimum atomic E-state index is -0.698. The number of carbonyl (C=O) groups excluding carboxylic acids is 1. The van der Waals surface area contributed by atoms with Crippen LogP contribution in [0.3, 0.4) is 0 Å². The van der Waals surface area contributed by atoms with Gasteiger partial charge in [0.2, 0.25) is 5.91 Å². The summed E-state index contributed by atoms with van der Waals surface area (Å²) in [5, 5.41) is 13.1. The molecule has 1 saturated heterocycles. The van der Waals surface area contributed by atoms with Crippen LogP contribution in [0.15, 0.2) is 30.3 Å². The molecule has 0 aromatic heterocycles. The van der Waals surface area contributed by atoms with E-state index >= 15 is 0 Å². The minimum Gasteiger partial charge on any atom is -0.384 e. The molecule has 1 aromatic rings. The molecule has 3 fully saturated rings. The van der Waals surface area contributed by atoms with Crippen molar-refractivity contribution in [2.75, 3.05) is 33.4 Å². The van der Waals surface area contributed by atoms with Gasteiger partial charge in [-0.1, -0.05) is 30.3 Å². The van der Waals surface area contributed by atoms with Crippen LogP contribution in [-0.4, -0.2) is 50.2 Å². The van der Waals surface area contributed by atoms with Crippen LogP contribution in [-0.2, 0) is 9.53 Å². The smallest absolute Gasteiger partial charge is 0.243 e. The van der Waals surface area contributed by atoms with Crippen LogP contribution in [0.25, 0.3) is 0 Å². The number of rotatable bonds is 7. The molecule has 1 aromatic carbocycles. The highest BCUT2D eigenvalue weighted by molar-refractivity contribution is 5.88. The van der Waals surface area contributed by atoms with E-state index < -0.39 is 5.41 Å². The van der Waals surface area contributed by atoms with Crippen LogP contribution in [0, 0.1) is 22.2 Å². The molecule has 2 saturated carbocycles. The largest absolute Gasteiger partial charge is 0.384 e. The molecule has 0 radical (unpaired) electrons. The van der Waals surface area contributed by atoms with Gasteiger partial charge in [0.05, 0.1) is 12.7 Å². The number of methoxy groups -OCH3 is 1. The molecule has 1 aliphatic heterocycles. The normalized spacial score (nSPS) is 27.6. The maximum absolute atomic E-state index is 12.6. The Labute approximate surface area is 161 Å². The molecule has 5 nitrogen and oxygen atoms in total. The van der Waals surface area contributed by atoms with Crippen molar-refractivity contribution in [2.45, 2.75) is 44.1 Å². The summed E-state index contributed by atoms with van der Waals surface area (Å²) in [6.07, 6.45) is 4.52. The van der Waals surface area contributed by atoms with Gasteiger partial charge in [-0.05, 0) is 37.7 Å². The summed E-state index contributed by atoms with van der Waals surface area (Å²) < 4.78 is 5.55. The number of benzene rings is 1. The summed E-state index contributed by atoms with van der Waals surface area (Å²) in [6, 6.07) is 13.5. The number of hydrogen-bond donors (Lipinski definition) is 1. The first kappa shape index (κ1) is 18.5. The van der Waals surface area contributed by atoms with E-state index in [-0.39, 0.29) is 11.3 Å². The molecular formula is C22H29N3O2. The monoisotopic (exact) mass is 367 g/mol. The lowest BCUT2D eigenvalue weighted by atomic mass is 9.78. The Kier molecular flexibility index (Phi) is 4.96. The molecule has 144 valence electrons. The average Bonchev–Trinajstić information content (AvgIpc) is 3.63. The fraction of sp³-hybridized carbons (Fsp3) is 0.636. The quantitative estimate of drug-likeness (QED) is 0.805. The van der Waals surface area contributed by atoms with Crippen LogP contribution in [0.1, 0.15) is 43.6 Å². The van der Waals surface area contributed by atoms with E-state index in [2.05, 4.69) is 41.7 Å². The maximum Gasteiger partial charge on any atom is 0.243 e. The molecule has 27 heavy (non-hydrogen) atoms. The van der Waals surface area contributed by atoms with Crippen molar-refractivity contribution in [3.63, 3.8) is 0 Å². The highest BCUT2D eigenvalue weighted by Gasteiger charge is 2.53. The van der Waals surface area contributed by atoms with Crippen molar-refractivity contribution in [1.82, 2.24) is 10.2 Å². The Morgan fingerprint density at radius 3 is 2.56 bits per heavy atom. The van der Waals surface area contributed by atoms with E-state index in [9.17, 15) is 10.1 Å². The predicted octanol–water partition coefficient (Wildman–Crippen LogP) is 2.69. The Morgan fingerprint density at radius 2 is 1.96 bits per heavy atom. The molecule has 0 unspecified atom stereocenters. The summed E-state index contributed by atoms with van der Waals surface area (Å²) in [4.78, 5) is 14.5. The second-order valence-corrected chi connectivity index (χ2v) is 8.66. The van der Waals surface area contributed by atoms with Gasteiger partial charge >= 0.3 is 0 Å². The molecule has 0 spiro atoms. The number of nitriles is 1. The zero-order chi connectivity index (χ0) is 18.9. The molecule has 3 aliphatic rings. The zero-order valence-corrected chi connectivity index (χ0v) is 16.1. The highest BCUT2D eigenvalue weighted by atomic mass is 16.5. The molecule has 2 aliphatic carbocycles. The van der Waals surface area contributed by atoms with E-state index in [1.807, 2.05) is 4.90 Å². The van der Waals surface area contributed by atoms with Crippen molar-refractivity contribution >= 4 is 5.91 Å². The second-order valence-electron chi connectivity index (χ2n) is 8.66. The highest BCUT2D eigenvalue weighted by Crippen LogP contribution is 2.47. The topological polar surface area (TPSA) is 65.4 Å². The number of nitrogens with zero attached hydrogens (tertiary/aromatic N) is 2. The van der Waals surface area contributed by atoms with Crippen LogP contribution in [0.2, 0.25) is 0 Å². The molecule has 4 rings (SSSR count). The van der Waals surface area contributed by atoms with Gasteiger partial charge in [-0.2, -0.15) is 5.26 Å². The van der Waals surface area contributed by atoms with Crippen LogP contribution in [0.5, 0.6) is 0 Å². The third-order valence-electron chi connectivity index (χ3n) is 6.69. The maximum atomic E-state index is 12.6. The lowest BCUT2D eigenvalue weighted by Gasteiger charge is -2.42. The minimum absolute atomic E-state index is 0.0512. The first-order valence-corrected chi connectivity index (χ1v) is 10.1. The molecule has 1 heterocycles. The Balaban J connectivity index is 1.31. The summed E-state index contributed by atoms with van der Waals surface area (Å²) >= 11 is 0. The third-order valence-corrected chi connectivity index (χ3v) is 6.69. The van der Waals surface area contributed by atoms with E-state index in [1.54, 1.807) is 7.11 Å². The number of carbonyl (C=O) groups is 1. The molecular weight excluding hydrogens is 338 g/mol. The lowest BCUT2D eigenvalue weighted by molar-refractivity contribution is -0.138. The summed E-state index contributed by atoms with van der Waals surface area (Å²) in [6.45, 7) is 3.12. The van der Waals surface area contributed by atoms with Crippen molar-refractivity contribution in [3.8, 4) is 6.07 Å². The summed E-state index contributed by atoms with van der Waals surface area (Å²) in [5.74, 6) is 0.674. The van der Waals surface area contributed by atoms with Crippen LogP contribution >= 0.6 is 0 Å². The summed E-state index contributed by atoms with van der Waals surface area (Å²) in [7, 11) is 1.76. The molecule has 5 heteroatoms. The first-order chi connectivity index (χ1) is 13.1. The Hall–Kier alpha value is -1.90. The Morgan fingerprint density at radius 1 is 1.26 bits per heavy atom. The van der Waals surface area contributed by atoms with Crippen LogP contribution in [0.4, 0.5) is 0 Å². The molecule has 1 amide bonds. The van der Waals surface area contributed by atoms with Crippen molar-refractivity contribution in [2.24, 2.45) is 10.8 Å². The molecule has 1 N–H and O–H groups in total. The van der Waals surface area contributed by atoms with Crippen molar-refractivity contribution in [1.29, 1.82) is 5.26 Å². The number of nitrogens with one attached hydrogen (secondary N) is 1. The molecule has 2 atom stereocenters. The second kappa shape index (κ2) is 7.26. The number of piperidine rings is 1. The van der Waals surface area contributed by atoms with Gasteiger partial charge < -0.3 is 15.0 Å².